The molecule has 5 heteroatoms. The van der Waals surface area contributed by atoms with E-state index in [1.54, 1.807) is 7.11 Å². The first-order valence-corrected chi connectivity index (χ1v) is 9.38. The van der Waals surface area contributed by atoms with Gasteiger partial charge in [0.15, 0.2) is 11.5 Å². The maximum Gasteiger partial charge on any atom is 0.175 e. The van der Waals surface area contributed by atoms with E-state index in [1.807, 2.05) is 18.2 Å². The van der Waals surface area contributed by atoms with E-state index in [2.05, 4.69) is 51.9 Å². The summed E-state index contributed by atoms with van der Waals surface area (Å²) < 4.78 is 12.3. The fourth-order valence-electron chi connectivity index (χ4n) is 2.78. The highest BCUT2D eigenvalue weighted by atomic mass is 79.9. The molecule has 0 saturated carbocycles. The summed E-state index contributed by atoms with van der Waals surface area (Å²) in [6.45, 7) is 4.94. The molecule has 25 heavy (non-hydrogen) atoms. The van der Waals surface area contributed by atoms with Gasteiger partial charge in [-0.3, -0.25) is 0 Å². The van der Waals surface area contributed by atoms with E-state index < -0.39 is 0 Å². The average Bonchev–Trinajstić information content (AvgIpc) is 3.02. The smallest absolute Gasteiger partial charge is 0.175 e. The van der Waals surface area contributed by atoms with Crippen molar-refractivity contribution in [3.05, 3.63) is 40.4 Å². The molecule has 1 N–H and O–H groups in total. The summed E-state index contributed by atoms with van der Waals surface area (Å²) in [5.41, 5.74) is 4.15. The summed E-state index contributed by atoms with van der Waals surface area (Å²) in [5.74, 6) is 2.27. The molecule has 0 spiro atoms. The van der Waals surface area contributed by atoms with Crippen molar-refractivity contribution in [3.63, 3.8) is 0 Å². The zero-order valence-electron chi connectivity index (χ0n) is 14.9. The summed E-state index contributed by atoms with van der Waals surface area (Å²) in [4.78, 5) is 8.07. The van der Waals surface area contributed by atoms with Gasteiger partial charge in [-0.25, -0.2) is 4.98 Å². The van der Waals surface area contributed by atoms with Crippen LogP contribution in [-0.2, 0) is 0 Å². The fourth-order valence-corrected chi connectivity index (χ4v) is 3.34. The van der Waals surface area contributed by atoms with Crippen molar-refractivity contribution in [2.75, 3.05) is 13.7 Å². The first-order valence-electron chi connectivity index (χ1n) is 8.59. The predicted molar refractivity (Wildman–Crippen MR) is 106 cm³/mol. The molecule has 0 atom stereocenters. The van der Waals surface area contributed by atoms with Crippen molar-refractivity contribution in [1.82, 2.24) is 9.97 Å². The Bertz CT molecular complexity index is 874. The van der Waals surface area contributed by atoms with E-state index in [0.29, 0.717) is 12.4 Å². The molecule has 0 fully saturated rings. The third-order valence-corrected chi connectivity index (χ3v) is 4.72. The van der Waals surface area contributed by atoms with Crippen LogP contribution in [0, 0.1) is 6.92 Å². The molecule has 0 radical (unpaired) electrons. The molecule has 0 aliphatic rings. The van der Waals surface area contributed by atoms with Crippen LogP contribution >= 0.6 is 15.9 Å². The topological polar surface area (TPSA) is 47.1 Å². The van der Waals surface area contributed by atoms with Gasteiger partial charge in [0.05, 0.1) is 29.2 Å². The van der Waals surface area contributed by atoms with E-state index in [-0.39, 0.29) is 0 Å². The molecule has 3 rings (SSSR count). The number of methoxy groups -OCH3 is 1. The molecular weight excluding hydrogens is 380 g/mol. The Labute approximate surface area is 156 Å². The van der Waals surface area contributed by atoms with E-state index in [1.165, 1.54) is 12.0 Å². The van der Waals surface area contributed by atoms with Crippen molar-refractivity contribution in [3.8, 4) is 22.9 Å². The molecular formula is C20H23BrN2O2. The first-order chi connectivity index (χ1) is 12.1. The molecule has 132 valence electrons. The quantitative estimate of drug-likeness (QED) is 0.502. The molecule has 0 amide bonds. The average molecular weight is 403 g/mol. The number of nitrogens with one attached hydrogen (secondary N) is 1. The number of hydrogen-bond acceptors (Lipinski definition) is 3. The molecule has 0 aliphatic carbocycles. The molecule has 1 heterocycles. The molecule has 2 aromatic carbocycles. The third-order valence-electron chi connectivity index (χ3n) is 4.13. The van der Waals surface area contributed by atoms with Crippen molar-refractivity contribution in [2.24, 2.45) is 0 Å². The number of benzene rings is 2. The van der Waals surface area contributed by atoms with Gasteiger partial charge in [0.2, 0.25) is 0 Å². The number of halogens is 1. The van der Waals surface area contributed by atoms with Gasteiger partial charge in [-0.15, -0.1) is 0 Å². The van der Waals surface area contributed by atoms with Crippen molar-refractivity contribution < 1.29 is 9.47 Å². The highest BCUT2D eigenvalue weighted by molar-refractivity contribution is 9.10. The number of aromatic nitrogens is 2. The van der Waals surface area contributed by atoms with Crippen LogP contribution < -0.4 is 9.47 Å². The van der Waals surface area contributed by atoms with Crippen LogP contribution in [0.5, 0.6) is 11.5 Å². The number of H-pyrrole nitrogens is 1. The minimum atomic E-state index is 0.687. The summed E-state index contributed by atoms with van der Waals surface area (Å²) in [5, 5.41) is 0. The Morgan fingerprint density at radius 3 is 2.76 bits per heavy atom. The summed E-state index contributed by atoms with van der Waals surface area (Å²) in [6, 6.07) is 10.2. The maximum atomic E-state index is 5.92. The number of ether oxygens (including phenoxy) is 2. The zero-order chi connectivity index (χ0) is 17.8. The second-order valence-electron chi connectivity index (χ2n) is 6.15. The SMILES string of the molecule is CCCCCOc1c(Br)cc(-c2nc3ccc(C)cc3[nH]2)cc1OC. The van der Waals surface area contributed by atoms with Crippen molar-refractivity contribution in [2.45, 2.75) is 33.1 Å². The van der Waals surface area contributed by atoms with E-state index in [9.17, 15) is 0 Å². The highest BCUT2D eigenvalue weighted by Crippen LogP contribution is 2.39. The number of unbranched alkanes of at least 4 members (excludes halogenated alkanes) is 2. The molecule has 0 saturated heterocycles. The van der Waals surface area contributed by atoms with Gasteiger partial charge in [0.25, 0.3) is 0 Å². The first kappa shape index (κ1) is 17.8. The summed E-state index contributed by atoms with van der Waals surface area (Å²) >= 11 is 3.61. The molecule has 3 aromatic rings. The van der Waals surface area contributed by atoms with Gasteiger partial charge >= 0.3 is 0 Å². The molecule has 0 bridgehead atoms. The van der Waals surface area contributed by atoms with Gasteiger partial charge in [-0.2, -0.15) is 0 Å². The number of hydrogen-bond donors (Lipinski definition) is 1. The third kappa shape index (κ3) is 3.98. The van der Waals surface area contributed by atoms with Gasteiger partial charge in [-0.1, -0.05) is 25.8 Å². The van der Waals surface area contributed by atoms with Crippen LogP contribution in [0.4, 0.5) is 0 Å². The number of imidazole rings is 1. The maximum absolute atomic E-state index is 5.92. The van der Waals surface area contributed by atoms with Crippen LogP contribution in [-0.4, -0.2) is 23.7 Å². The number of aryl methyl sites for hydroxylation is 1. The van der Waals surface area contributed by atoms with Gasteiger partial charge in [0.1, 0.15) is 5.82 Å². The number of fused-ring (bicyclic) bond motifs is 1. The number of aromatic amines is 1. The van der Waals surface area contributed by atoms with Crippen LogP contribution in [0.25, 0.3) is 22.4 Å². The Morgan fingerprint density at radius 2 is 2.00 bits per heavy atom. The Morgan fingerprint density at radius 1 is 1.16 bits per heavy atom. The van der Waals surface area contributed by atoms with Crippen molar-refractivity contribution >= 4 is 27.0 Å². The lowest BCUT2D eigenvalue weighted by Crippen LogP contribution is -2.00. The second-order valence-corrected chi connectivity index (χ2v) is 7.01. The van der Waals surface area contributed by atoms with E-state index >= 15 is 0 Å². The second kappa shape index (κ2) is 7.91. The summed E-state index contributed by atoms with van der Waals surface area (Å²) in [7, 11) is 1.66. The van der Waals surface area contributed by atoms with Crippen LogP contribution in [0.3, 0.4) is 0 Å². The standard InChI is InChI=1S/C20H23BrN2O2/c1-4-5-6-9-25-19-15(21)11-14(12-18(19)24-3)20-22-16-8-7-13(2)10-17(16)23-20/h7-8,10-12H,4-6,9H2,1-3H3,(H,22,23). The monoisotopic (exact) mass is 402 g/mol. The Kier molecular flexibility index (Phi) is 5.63. The predicted octanol–water partition coefficient (Wildman–Crippen LogP) is 5.88. The Balaban J connectivity index is 1.92. The minimum Gasteiger partial charge on any atom is -0.493 e. The van der Waals surface area contributed by atoms with Gasteiger partial charge in [0, 0.05) is 5.56 Å². The minimum absolute atomic E-state index is 0.687. The largest absolute Gasteiger partial charge is 0.493 e. The zero-order valence-corrected chi connectivity index (χ0v) is 16.4. The van der Waals surface area contributed by atoms with E-state index in [4.69, 9.17) is 9.47 Å². The molecule has 0 unspecified atom stereocenters. The van der Waals surface area contributed by atoms with Crippen LogP contribution in [0.15, 0.2) is 34.8 Å². The molecule has 1 aromatic heterocycles. The van der Waals surface area contributed by atoms with Gasteiger partial charge in [-0.05, 0) is 59.1 Å². The number of rotatable bonds is 7. The van der Waals surface area contributed by atoms with Crippen LogP contribution in [0.2, 0.25) is 0 Å². The molecule has 0 aliphatic heterocycles. The van der Waals surface area contributed by atoms with Crippen LogP contribution in [0.1, 0.15) is 31.7 Å². The molecule has 4 nitrogen and oxygen atoms in total. The normalized spacial score (nSPS) is 11.0. The lowest BCUT2D eigenvalue weighted by molar-refractivity contribution is 0.284. The Hall–Kier alpha value is -2.01. The fraction of sp³-hybridized carbons (Fsp3) is 0.350. The van der Waals surface area contributed by atoms with Gasteiger partial charge < -0.3 is 14.5 Å². The highest BCUT2D eigenvalue weighted by Gasteiger charge is 2.15. The van der Waals surface area contributed by atoms with E-state index in [0.717, 1.165) is 45.5 Å². The number of nitrogens with zero attached hydrogens (tertiary/aromatic N) is 1. The lowest BCUT2D eigenvalue weighted by atomic mass is 10.2. The lowest BCUT2D eigenvalue weighted by Gasteiger charge is -2.13. The van der Waals surface area contributed by atoms with Crippen molar-refractivity contribution in [1.29, 1.82) is 0 Å². The summed E-state index contributed by atoms with van der Waals surface area (Å²) in [6.07, 6.45) is 3.37.